The number of halogens is 1. The topological polar surface area (TPSA) is 35.2 Å². The number of ether oxygens (including phenoxy) is 1. The van der Waals surface area contributed by atoms with Crippen LogP contribution in [-0.4, -0.2) is 6.61 Å². The first-order chi connectivity index (χ1) is 8.22. The minimum Gasteiger partial charge on any atom is -0.493 e. The van der Waals surface area contributed by atoms with Gasteiger partial charge in [0.2, 0.25) is 0 Å². The van der Waals surface area contributed by atoms with Crippen molar-refractivity contribution in [2.45, 2.75) is 45.6 Å². The number of hydrogen-bond donors (Lipinski definition) is 1. The Kier molecular flexibility index (Phi) is 5.97. The second kappa shape index (κ2) is 7.01. The largest absolute Gasteiger partial charge is 0.493 e. The van der Waals surface area contributed by atoms with Crippen LogP contribution in [0.15, 0.2) is 24.3 Å². The van der Waals surface area contributed by atoms with Crippen LogP contribution >= 0.6 is 12.4 Å². The summed E-state index contributed by atoms with van der Waals surface area (Å²) in [5.41, 5.74) is 7.10. The summed E-state index contributed by atoms with van der Waals surface area (Å²) >= 11 is 0. The first-order valence-electron chi connectivity index (χ1n) is 6.64. The molecule has 0 aromatic heterocycles. The fraction of sp³-hybridized carbons (Fsp3) is 0.600. The van der Waals surface area contributed by atoms with E-state index in [-0.39, 0.29) is 12.4 Å². The normalized spacial score (nSPS) is 17.9. The van der Waals surface area contributed by atoms with E-state index in [4.69, 9.17) is 10.5 Å². The van der Waals surface area contributed by atoms with Crippen LogP contribution in [0.2, 0.25) is 0 Å². The number of rotatable bonds is 4. The van der Waals surface area contributed by atoms with Gasteiger partial charge in [-0.1, -0.05) is 38.3 Å². The Balaban J connectivity index is 0.00000162. The Morgan fingerprint density at radius 1 is 1.11 bits per heavy atom. The minimum absolute atomic E-state index is 0. The third kappa shape index (κ3) is 4.18. The Hall–Kier alpha value is -0.730. The Morgan fingerprint density at radius 2 is 1.72 bits per heavy atom. The van der Waals surface area contributed by atoms with Crippen molar-refractivity contribution in [1.82, 2.24) is 0 Å². The molecule has 1 fully saturated rings. The van der Waals surface area contributed by atoms with E-state index in [2.05, 4.69) is 6.92 Å². The standard InChI is InChI=1S/C15H23NO.ClH/c1-15(9-3-2-4-10-15)12-17-14-7-5-13(11-16)6-8-14;/h5-8H,2-4,9-12,16H2,1H3;1H. The van der Waals surface area contributed by atoms with Gasteiger partial charge < -0.3 is 10.5 Å². The van der Waals surface area contributed by atoms with Crippen molar-refractivity contribution < 1.29 is 4.74 Å². The molecule has 1 aliphatic rings. The van der Waals surface area contributed by atoms with E-state index in [0.29, 0.717) is 12.0 Å². The van der Waals surface area contributed by atoms with E-state index in [0.717, 1.165) is 17.9 Å². The summed E-state index contributed by atoms with van der Waals surface area (Å²) in [4.78, 5) is 0. The van der Waals surface area contributed by atoms with Crippen LogP contribution < -0.4 is 10.5 Å². The molecule has 0 radical (unpaired) electrons. The second-order valence-electron chi connectivity index (χ2n) is 5.51. The molecule has 0 saturated heterocycles. The molecule has 18 heavy (non-hydrogen) atoms. The lowest BCUT2D eigenvalue weighted by Crippen LogP contribution is -2.27. The summed E-state index contributed by atoms with van der Waals surface area (Å²) < 4.78 is 5.91. The van der Waals surface area contributed by atoms with Crippen molar-refractivity contribution in [3.63, 3.8) is 0 Å². The molecule has 1 aliphatic carbocycles. The van der Waals surface area contributed by atoms with Gasteiger partial charge in [0.1, 0.15) is 5.75 Å². The SMILES string of the molecule is CC1(COc2ccc(CN)cc2)CCCCC1.Cl. The highest BCUT2D eigenvalue weighted by molar-refractivity contribution is 5.85. The Labute approximate surface area is 116 Å². The first-order valence-corrected chi connectivity index (χ1v) is 6.64. The van der Waals surface area contributed by atoms with E-state index in [1.807, 2.05) is 24.3 Å². The zero-order valence-electron chi connectivity index (χ0n) is 11.2. The number of benzene rings is 1. The maximum atomic E-state index is 5.91. The molecule has 102 valence electrons. The van der Waals surface area contributed by atoms with E-state index in [1.54, 1.807) is 0 Å². The van der Waals surface area contributed by atoms with Gasteiger partial charge in [-0.15, -0.1) is 12.4 Å². The molecule has 1 aromatic rings. The fourth-order valence-electron chi connectivity index (χ4n) is 2.53. The maximum absolute atomic E-state index is 5.91. The molecule has 0 aliphatic heterocycles. The minimum atomic E-state index is 0. The van der Waals surface area contributed by atoms with Crippen molar-refractivity contribution in [2.24, 2.45) is 11.1 Å². The van der Waals surface area contributed by atoms with E-state index >= 15 is 0 Å². The number of hydrogen-bond acceptors (Lipinski definition) is 2. The highest BCUT2D eigenvalue weighted by Crippen LogP contribution is 2.36. The smallest absolute Gasteiger partial charge is 0.119 e. The van der Waals surface area contributed by atoms with Gasteiger partial charge in [-0.2, -0.15) is 0 Å². The van der Waals surface area contributed by atoms with Gasteiger partial charge in [0.15, 0.2) is 0 Å². The summed E-state index contributed by atoms with van der Waals surface area (Å²) in [6.07, 6.45) is 6.69. The van der Waals surface area contributed by atoms with Crippen molar-refractivity contribution in [3.05, 3.63) is 29.8 Å². The van der Waals surface area contributed by atoms with Crippen LogP contribution in [-0.2, 0) is 6.54 Å². The molecule has 0 amide bonds. The molecule has 0 bridgehead atoms. The quantitative estimate of drug-likeness (QED) is 0.899. The van der Waals surface area contributed by atoms with E-state index in [9.17, 15) is 0 Å². The molecule has 2 N–H and O–H groups in total. The van der Waals surface area contributed by atoms with Crippen LogP contribution in [0.4, 0.5) is 0 Å². The zero-order valence-corrected chi connectivity index (χ0v) is 12.0. The zero-order chi connectivity index (χ0) is 12.1. The molecule has 0 spiro atoms. The van der Waals surface area contributed by atoms with Gasteiger partial charge in [-0.25, -0.2) is 0 Å². The van der Waals surface area contributed by atoms with Crippen molar-refractivity contribution in [2.75, 3.05) is 6.61 Å². The number of nitrogens with two attached hydrogens (primary N) is 1. The Morgan fingerprint density at radius 3 is 2.28 bits per heavy atom. The van der Waals surface area contributed by atoms with Crippen molar-refractivity contribution >= 4 is 12.4 Å². The monoisotopic (exact) mass is 269 g/mol. The van der Waals surface area contributed by atoms with Crippen LogP contribution in [0.1, 0.15) is 44.6 Å². The molecule has 0 unspecified atom stereocenters. The molecule has 0 heterocycles. The highest BCUT2D eigenvalue weighted by atomic mass is 35.5. The lowest BCUT2D eigenvalue weighted by molar-refractivity contribution is 0.116. The molecule has 3 heteroatoms. The first kappa shape index (κ1) is 15.3. The highest BCUT2D eigenvalue weighted by Gasteiger charge is 2.27. The fourth-order valence-corrected chi connectivity index (χ4v) is 2.53. The van der Waals surface area contributed by atoms with Gasteiger partial charge >= 0.3 is 0 Å². The molecule has 2 rings (SSSR count). The third-order valence-corrected chi connectivity index (χ3v) is 3.81. The lowest BCUT2D eigenvalue weighted by atomic mass is 9.76. The average molecular weight is 270 g/mol. The molecular formula is C15H24ClNO. The molecular weight excluding hydrogens is 246 g/mol. The van der Waals surface area contributed by atoms with Gasteiger partial charge in [-0.3, -0.25) is 0 Å². The Bertz CT molecular complexity index is 344. The molecule has 2 nitrogen and oxygen atoms in total. The van der Waals surface area contributed by atoms with E-state index < -0.39 is 0 Å². The van der Waals surface area contributed by atoms with Gasteiger partial charge in [-0.05, 0) is 30.5 Å². The predicted octanol–water partition coefficient (Wildman–Crippen LogP) is 3.92. The van der Waals surface area contributed by atoms with Crippen LogP contribution in [0.3, 0.4) is 0 Å². The maximum Gasteiger partial charge on any atom is 0.119 e. The van der Waals surface area contributed by atoms with Gasteiger partial charge in [0.25, 0.3) is 0 Å². The summed E-state index contributed by atoms with van der Waals surface area (Å²) in [5.74, 6) is 0.967. The molecule has 1 saturated carbocycles. The lowest BCUT2D eigenvalue weighted by Gasteiger charge is -2.33. The van der Waals surface area contributed by atoms with Gasteiger partial charge in [0.05, 0.1) is 6.61 Å². The van der Waals surface area contributed by atoms with E-state index in [1.165, 1.54) is 32.1 Å². The van der Waals surface area contributed by atoms with Crippen LogP contribution in [0.5, 0.6) is 5.75 Å². The summed E-state index contributed by atoms with van der Waals surface area (Å²) in [5, 5.41) is 0. The summed E-state index contributed by atoms with van der Waals surface area (Å²) in [6, 6.07) is 8.12. The molecule has 1 aromatic carbocycles. The average Bonchev–Trinajstić information content (AvgIpc) is 2.38. The van der Waals surface area contributed by atoms with Gasteiger partial charge in [0, 0.05) is 12.0 Å². The predicted molar refractivity (Wildman–Crippen MR) is 78.3 cm³/mol. The van der Waals surface area contributed by atoms with Crippen LogP contribution in [0.25, 0.3) is 0 Å². The molecule has 0 atom stereocenters. The summed E-state index contributed by atoms with van der Waals surface area (Å²) in [6.45, 7) is 3.79. The summed E-state index contributed by atoms with van der Waals surface area (Å²) in [7, 11) is 0. The van der Waals surface area contributed by atoms with Crippen molar-refractivity contribution in [1.29, 1.82) is 0 Å². The van der Waals surface area contributed by atoms with Crippen molar-refractivity contribution in [3.8, 4) is 5.75 Å². The third-order valence-electron chi connectivity index (χ3n) is 3.81. The second-order valence-corrected chi connectivity index (χ2v) is 5.51. The van der Waals surface area contributed by atoms with Crippen LogP contribution in [0, 0.1) is 5.41 Å².